The molecule has 1 heterocycles. The van der Waals surface area contributed by atoms with Crippen LogP contribution in [-0.4, -0.2) is 48.1 Å². The monoisotopic (exact) mass is 275 g/mol. The number of halogens is 1. The third-order valence-corrected chi connectivity index (χ3v) is 4.49. The van der Waals surface area contributed by atoms with E-state index >= 15 is 0 Å². The van der Waals surface area contributed by atoms with Crippen LogP contribution in [0.3, 0.4) is 0 Å². The third kappa shape index (κ3) is 2.09. The van der Waals surface area contributed by atoms with Crippen molar-refractivity contribution in [2.45, 2.75) is 11.0 Å². The summed E-state index contributed by atoms with van der Waals surface area (Å²) in [6.45, 7) is -0.162. The van der Waals surface area contributed by atoms with Crippen LogP contribution in [0.1, 0.15) is 10.4 Å². The molecule has 1 aromatic rings. The summed E-state index contributed by atoms with van der Waals surface area (Å²) in [4.78, 5) is 10.0. The van der Waals surface area contributed by atoms with Crippen LogP contribution in [0, 0.1) is 5.82 Å². The molecule has 0 aliphatic carbocycles. The second-order valence-electron chi connectivity index (χ2n) is 3.93. The fourth-order valence-electron chi connectivity index (χ4n) is 1.60. The Balaban J connectivity index is 2.37. The van der Waals surface area contributed by atoms with E-state index in [0.717, 1.165) is 16.4 Å². The molecule has 0 bridgehead atoms. The maximum Gasteiger partial charge on any atom is 0.335 e. The Hall–Kier alpha value is -1.51. The number of aliphatic hydroxyl groups is 1. The molecule has 0 spiro atoms. The largest absolute Gasteiger partial charge is 0.478 e. The number of carboxylic acid groups (broad SMARTS) is 1. The Labute approximate surface area is 102 Å². The second kappa shape index (κ2) is 4.30. The van der Waals surface area contributed by atoms with Gasteiger partial charge in [0.05, 0.1) is 11.7 Å². The van der Waals surface area contributed by atoms with Gasteiger partial charge < -0.3 is 10.2 Å². The molecule has 0 unspecified atom stereocenters. The number of hydrogen-bond donors (Lipinski definition) is 2. The minimum Gasteiger partial charge on any atom is -0.478 e. The summed E-state index contributed by atoms with van der Waals surface area (Å²) in [6, 6.07) is 2.60. The first-order valence-electron chi connectivity index (χ1n) is 5.03. The van der Waals surface area contributed by atoms with Crippen LogP contribution in [0.2, 0.25) is 0 Å². The zero-order valence-corrected chi connectivity index (χ0v) is 9.89. The van der Waals surface area contributed by atoms with Gasteiger partial charge in [-0.3, -0.25) is 0 Å². The molecular formula is C10H10FNO5S. The number of aliphatic hydroxyl groups excluding tert-OH is 1. The number of sulfonamides is 1. The molecule has 98 valence electrons. The number of benzene rings is 1. The summed E-state index contributed by atoms with van der Waals surface area (Å²) in [5.74, 6) is -2.45. The van der Waals surface area contributed by atoms with E-state index in [1.807, 2.05) is 0 Å². The first-order chi connectivity index (χ1) is 8.32. The van der Waals surface area contributed by atoms with E-state index in [-0.39, 0.29) is 18.7 Å². The summed E-state index contributed by atoms with van der Waals surface area (Å²) in [6.07, 6.45) is -0.735. The van der Waals surface area contributed by atoms with Crippen LogP contribution in [0.5, 0.6) is 0 Å². The smallest absolute Gasteiger partial charge is 0.335 e. The molecule has 0 amide bonds. The van der Waals surface area contributed by atoms with Gasteiger partial charge in [0.2, 0.25) is 10.0 Å². The molecular weight excluding hydrogens is 265 g/mol. The van der Waals surface area contributed by atoms with E-state index in [1.165, 1.54) is 0 Å². The van der Waals surface area contributed by atoms with Crippen molar-refractivity contribution in [3.8, 4) is 0 Å². The first-order valence-corrected chi connectivity index (χ1v) is 6.47. The van der Waals surface area contributed by atoms with Crippen molar-refractivity contribution in [1.82, 2.24) is 4.31 Å². The lowest BCUT2D eigenvalue weighted by Gasteiger charge is -2.34. The minimum atomic E-state index is -4.00. The molecule has 0 saturated carbocycles. The molecule has 18 heavy (non-hydrogen) atoms. The molecule has 1 fully saturated rings. The molecule has 1 aromatic carbocycles. The van der Waals surface area contributed by atoms with Gasteiger partial charge in [-0.2, -0.15) is 4.31 Å². The highest BCUT2D eigenvalue weighted by Crippen LogP contribution is 2.24. The van der Waals surface area contributed by atoms with Crippen LogP contribution < -0.4 is 0 Å². The lowest BCUT2D eigenvalue weighted by atomic mass is 10.2. The van der Waals surface area contributed by atoms with Gasteiger partial charge in [0.15, 0.2) is 0 Å². The summed E-state index contributed by atoms with van der Waals surface area (Å²) >= 11 is 0. The van der Waals surface area contributed by atoms with Crippen molar-refractivity contribution in [2.75, 3.05) is 13.1 Å². The molecule has 1 aliphatic rings. The maximum atomic E-state index is 13.6. The summed E-state index contributed by atoms with van der Waals surface area (Å²) < 4.78 is 38.3. The van der Waals surface area contributed by atoms with Crippen LogP contribution in [0.4, 0.5) is 4.39 Å². The van der Waals surface area contributed by atoms with E-state index in [0.29, 0.717) is 6.07 Å². The molecule has 2 N–H and O–H groups in total. The number of nitrogens with zero attached hydrogens (tertiary/aromatic N) is 1. The number of β-amino-alcohol motifs (C(OH)–C–C–N with tert-alkyl or cyclic N) is 1. The van der Waals surface area contributed by atoms with Crippen molar-refractivity contribution >= 4 is 16.0 Å². The van der Waals surface area contributed by atoms with Crippen molar-refractivity contribution in [2.24, 2.45) is 0 Å². The number of carboxylic acids is 1. The summed E-state index contributed by atoms with van der Waals surface area (Å²) in [7, 11) is -4.00. The number of carbonyl (C=O) groups is 1. The standard InChI is InChI=1S/C10H10FNO5S/c11-8-3-6(10(14)15)1-2-9(8)18(16,17)12-4-7(13)5-12/h1-3,7,13H,4-5H2,(H,14,15). The molecule has 8 heteroatoms. The van der Waals surface area contributed by atoms with Gasteiger partial charge in [-0.05, 0) is 18.2 Å². The Morgan fingerprint density at radius 1 is 1.39 bits per heavy atom. The average Bonchev–Trinajstić information content (AvgIpc) is 2.24. The molecule has 2 rings (SSSR count). The molecule has 0 atom stereocenters. The van der Waals surface area contributed by atoms with Gasteiger partial charge in [-0.25, -0.2) is 17.6 Å². The van der Waals surface area contributed by atoms with Crippen LogP contribution in [0.15, 0.2) is 23.1 Å². The SMILES string of the molecule is O=C(O)c1ccc(S(=O)(=O)N2CC(O)C2)c(F)c1. The molecule has 0 radical (unpaired) electrons. The topological polar surface area (TPSA) is 94.9 Å². The maximum absolute atomic E-state index is 13.6. The van der Waals surface area contributed by atoms with Crippen molar-refractivity contribution in [3.05, 3.63) is 29.6 Å². The fraction of sp³-hybridized carbons (Fsp3) is 0.300. The minimum absolute atomic E-state index is 0.0809. The van der Waals surface area contributed by atoms with Crippen LogP contribution >= 0.6 is 0 Å². The van der Waals surface area contributed by atoms with E-state index in [9.17, 15) is 17.6 Å². The summed E-state index contributed by atoms with van der Waals surface area (Å²) in [5.41, 5.74) is -0.324. The highest BCUT2D eigenvalue weighted by molar-refractivity contribution is 7.89. The van der Waals surface area contributed by atoms with E-state index < -0.39 is 32.8 Å². The predicted octanol–water partition coefficient (Wildman–Crippen LogP) is -0.111. The van der Waals surface area contributed by atoms with Gasteiger partial charge in [-0.15, -0.1) is 0 Å². The first kappa shape index (κ1) is 12.9. The zero-order valence-electron chi connectivity index (χ0n) is 9.08. The van der Waals surface area contributed by atoms with Gasteiger partial charge >= 0.3 is 5.97 Å². The van der Waals surface area contributed by atoms with E-state index in [4.69, 9.17) is 10.2 Å². The quantitative estimate of drug-likeness (QED) is 0.802. The highest BCUT2D eigenvalue weighted by Gasteiger charge is 2.37. The average molecular weight is 275 g/mol. The summed E-state index contributed by atoms with van der Waals surface area (Å²) in [5, 5.41) is 17.7. The van der Waals surface area contributed by atoms with Crippen molar-refractivity contribution in [1.29, 1.82) is 0 Å². The van der Waals surface area contributed by atoms with Gasteiger partial charge in [0.1, 0.15) is 10.7 Å². The fourth-order valence-corrected chi connectivity index (χ4v) is 3.16. The normalized spacial score (nSPS) is 17.4. The van der Waals surface area contributed by atoms with Crippen LogP contribution in [0.25, 0.3) is 0 Å². The molecule has 6 nitrogen and oxygen atoms in total. The number of hydrogen-bond acceptors (Lipinski definition) is 4. The Bertz CT molecular complexity index is 594. The second-order valence-corrected chi connectivity index (χ2v) is 5.83. The predicted molar refractivity (Wildman–Crippen MR) is 58.1 cm³/mol. The Kier molecular flexibility index (Phi) is 3.09. The van der Waals surface area contributed by atoms with Crippen LogP contribution in [-0.2, 0) is 10.0 Å². The van der Waals surface area contributed by atoms with E-state index in [1.54, 1.807) is 0 Å². The zero-order chi connectivity index (χ0) is 13.5. The molecule has 1 aliphatic heterocycles. The van der Waals surface area contributed by atoms with E-state index in [2.05, 4.69) is 0 Å². The number of rotatable bonds is 3. The van der Waals surface area contributed by atoms with Crippen molar-refractivity contribution in [3.63, 3.8) is 0 Å². The lowest BCUT2D eigenvalue weighted by Crippen LogP contribution is -2.53. The molecule has 0 aromatic heterocycles. The highest BCUT2D eigenvalue weighted by atomic mass is 32.2. The third-order valence-electron chi connectivity index (χ3n) is 2.63. The van der Waals surface area contributed by atoms with Crippen molar-refractivity contribution < 1.29 is 27.8 Å². The number of aromatic carboxylic acids is 1. The van der Waals surface area contributed by atoms with Gasteiger partial charge in [-0.1, -0.05) is 0 Å². The van der Waals surface area contributed by atoms with Gasteiger partial charge in [0, 0.05) is 13.1 Å². The van der Waals surface area contributed by atoms with Gasteiger partial charge in [0.25, 0.3) is 0 Å². The Morgan fingerprint density at radius 2 is 2.00 bits per heavy atom. The lowest BCUT2D eigenvalue weighted by molar-refractivity contribution is 0.0546. The Morgan fingerprint density at radius 3 is 2.44 bits per heavy atom. The molecule has 1 saturated heterocycles.